The lowest BCUT2D eigenvalue weighted by molar-refractivity contribution is 0.0694. The van der Waals surface area contributed by atoms with Crippen LogP contribution >= 0.6 is 0 Å². The molecule has 4 aliphatic rings. The summed E-state index contributed by atoms with van der Waals surface area (Å²) < 4.78 is 23.0. The highest BCUT2D eigenvalue weighted by Crippen LogP contribution is 2.62. The van der Waals surface area contributed by atoms with Crippen LogP contribution in [0.1, 0.15) is 36.2 Å². The zero-order chi connectivity index (χ0) is 20.2. The van der Waals surface area contributed by atoms with E-state index in [0.29, 0.717) is 41.3 Å². The highest BCUT2D eigenvalue weighted by Gasteiger charge is 2.66. The normalized spacial score (nSPS) is 34.1. The second-order valence-corrected chi connectivity index (χ2v) is 9.20. The summed E-state index contributed by atoms with van der Waals surface area (Å²) in [5.41, 5.74) is 6.24. The molecule has 29 heavy (non-hydrogen) atoms. The Hall–Kier alpha value is -2.61. The summed E-state index contributed by atoms with van der Waals surface area (Å²) >= 11 is 0. The van der Waals surface area contributed by atoms with Gasteiger partial charge in [-0.1, -0.05) is 0 Å². The minimum Gasteiger partial charge on any atom is -0.487 e. The fourth-order valence-corrected chi connectivity index (χ4v) is 6.05. The third kappa shape index (κ3) is 2.10. The lowest BCUT2D eigenvalue weighted by atomic mass is 9.92. The Morgan fingerprint density at radius 3 is 2.93 bits per heavy atom. The number of aromatic carboxylic acids is 1. The molecule has 1 saturated heterocycles. The molecule has 4 unspecified atom stereocenters. The molecule has 1 aromatic carbocycles. The number of nitrogens with two attached hydrogens (primary N) is 1. The van der Waals surface area contributed by atoms with Gasteiger partial charge in [-0.15, -0.1) is 0 Å². The number of hydrogen-bond donors (Lipinski definition) is 2. The van der Waals surface area contributed by atoms with Crippen LogP contribution in [0.5, 0.6) is 5.75 Å². The van der Waals surface area contributed by atoms with E-state index in [9.17, 15) is 14.7 Å². The number of anilines is 1. The van der Waals surface area contributed by atoms with Crippen LogP contribution in [0.4, 0.5) is 10.1 Å². The van der Waals surface area contributed by atoms with E-state index in [2.05, 4.69) is 0 Å². The Kier molecular flexibility index (Phi) is 3.15. The zero-order valence-corrected chi connectivity index (χ0v) is 16.0. The first kappa shape index (κ1) is 17.3. The van der Waals surface area contributed by atoms with Crippen molar-refractivity contribution >= 4 is 22.6 Å². The molecular formula is C21H22FN3O4. The molecule has 0 radical (unpaired) electrons. The molecule has 0 amide bonds. The first-order chi connectivity index (χ1) is 13.8. The molecule has 6 rings (SSSR count). The Bertz CT molecular complexity index is 1160. The van der Waals surface area contributed by atoms with E-state index in [0.717, 1.165) is 19.4 Å². The van der Waals surface area contributed by atoms with E-state index in [1.54, 1.807) is 4.57 Å². The number of benzene rings is 1. The summed E-state index contributed by atoms with van der Waals surface area (Å²) in [6, 6.07) is 1.01. The second-order valence-electron chi connectivity index (χ2n) is 9.20. The van der Waals surface area contributed by atoms with Gasteiger partial charge in [0.1, 0.15) is 17.9 Å². The maximum atomic E-state index is 15.3. The van der Waals surface area contributed by atoms with Crippen LogP contribution in [0.3, 0.4) is 0 Å². The maximum Gasteiger partial charge on any atom is 0.341 e. The topological polar surface area (TPSA) is 97.8 Å². The predicted molar refractivity (Wildman–Crippen MR) is 104 cm³/mol. The number of halogens is 1. The van der Waals surface area contributed by atoms with Crippen molar-refractivity contribution in [2.75, 3.05) is 24.6 Å². The summed E-state index contributed by atoms with van der Waals surface area (Å²) in [4.78, 5) is 26.2. The molecular weight excluding hydrogens is 377 g/mol. The van der Waals surface area contributed by atoms with Gasteiger partial charge in [0, 0.05) is 24.8 Å². The first-order valence-corrected chi connectivity index (χ1v) is 10.1. The number of rotatable bonds is 2. The van der Waals surface area contributed by atoms with E-state index in [-0.39, 0.29) is 29.1 Å². The molecule has 5 atom stereocenters. The molecule has 2 aliphatic heterocycles. The zero-order valence-electron chi connectivity index (χ0n) is 16.0. The van der Waals surface area contributed by atoms with Gasteiger partial charge in [0.2, 0.25) is 5.43 Å². The second kappa shape index (κ2) is 5.30. The molecule has 2 aliphatic carbocycles. The van der Waals surface area contributed by atoms with Crippen molar-refractivity contribution in [1.29, 1.82) is 0 Å². The lowest BCUT2D eigenvalue weighted by Crippen LogP contribution is -2.36. The van der Waals surface area contributed by atoms with E-state index >= 15 is 4.39 Å². The minimum atomic E-state index is -1.31. The Labute approximate surface area is 165 Å². The molecule has 3 N–H and O–H groups in total. The molecule has 152 valence electrons. The number of carboxylic acids is 1. The van der Waals surface area contributed by atoms with Gasteiger partial charge < -0.3 is 25.0 Å². The highest BCUT2D eigenvalue weighted by molar-refractivity contribution is 5.97. The quantitative estimate of drug-likeness (QED) is 0.801. The number of fused-ring (bicyclic) bond motifs is 3. The molecule has 0 bridgehead atoms. The number of carboxylic acid groups (broad SMARTS) is 1. The smallest absolute Gasteiger partial charge is 0.341 e. The van der Waals surface area contributed by atoms with Crippen molar-refractivity contribution in [3.63, 3.8) is 0 Å². The van der Waals surface area contributed by atoms with Crippen molar-refractivity contribution in [2.45, 2.75) is 31.3 Å². The fourth-order valence-electron chi connectivity index (χ4n) is 6.05. The van der Waals surface area contributed by atoms with Gasteiger partial charge in [-0.05, 0) is 43.6 Å². The van der Waals surface area contributed by atoms with Gasteiger partial charge in [0.25, 0.3) is 0 Å². The van der Waals surface area contributed by atoms with Crippen LogP contribution in [0.2, 0.25) is 0 Å². The number of aromatic nitrogens is 1. The van der Waals surface area contributed by atoms with Gasteiger partial charge in [-0.2, -0.15) is 0 Å². The fraction of sp³-hybridized carbons (Fsp3) is 0.524. The SMILES string of the molecule is C[C@H]1COc2c(N3CC4CC5CC5(N)C4C3)c(F)cc3c(=O)c(C(=O)O)cn1c23. The first-order valence-electron chi connectivity index (χ1n) is 10.1. The minimum absolute atomic E-state index is 0.0460. The van der Waals surface area contributed by atoms with Crippen LogP contribution in [0, 0.1) is 23.6 Å². The van der Waals surface area contributed by atoms with Crippen LogP contribution < -0.4 is 20.8 Å². The molecule has 2 aromatic rings. The van der Waals surface area contributed by atoms with Crippen LogP contribution in [-0.4, -0.2) is 40.9 Å². The number of pyridine rings is 1. The monoisotopic (exact) mass is 399 g/mol. The van der Waals surface area contributed by atoms with Crippen molar-refractivity contribution < 1.29 is 19.0 Å². The third-order valence-electron chi connectivity index (χ3n) is 7.61. The summed E-state index contributed by atoms with van der Waals surface area (Å²) in [5, 5.41) is 9.45. The van der Waals surface area contributed by atoms with E-state index in [4.69, 9.17) is 10.5 Å². The molecule has 8 heteroatoms. The summed E-state index contributed by atoms with van der Waals surface area (Å²) in [5.74, 6) is -0.104. The standard InChI is InChI=1S/C21H22FN3O4/c1-9-8-29-19-16-12(18(26)13(20(27)28)6-25(9)16)3-15(22)17(19)24-5-10-2-11-4-21(11,23)14(10)7-24/h3,6,9-11,14H,2,4-5,7-8,23H2,1H3,(H,27,28)/t9-,10?,11?,14?,21?/m0/s1. The number of ether oxygens (including phenoxy) is 1. The summed E-state index contributed by atoms with van der Waals surface area (Å²) in [6.45, 7) is 3.58. The van der Waals surface area contributed by atoms with Crippen molar-refractivity contribution in [2.24, 2.45) is 23.5 Å². The molecule has 1 aromatic heterocycles. The van der Waals surface area contributed by atoms with Crippen molar-refractivity contribution in [3.8, 4) is 5.75 Å². The van der Waals surface area contributed by atoms with Crippen LogP contribution in [0.15, 0.2) is 17.1 Å². The van der Waals surface area contributed by atoms with Crippen LogP contribution in [0.25, 0.3) is 10.9 Å². The number of nitrogens with zero attached hydrogens (tertiary/aromatic N) is 2. The summed E-state index contributed by atoms with van der Waals surface area (Å²) in [6.07, 6.45) is 3.50. The van der Waals surface area contributed by atoms with Gasteiger partial charge in [0.15, 0.2) is 11.6 Å². The van der Waals surface area contributed by atoms with Gasteiger partial charge >= 0.3 is 5.97 Å². The summed E-state index contributed by atoms with van der Waals surface area (Å²) in [7, 11) is 0. The maximum absolute atomic E-state index is 15.3. The highest BCUT2D eigenvalue weighted by atomic mass is 19.1. The molecule has 2 saturated carbocycles. The Morgan fingerprint density at radius 2 is 2.21 bits per heavy atom. The van der Waals surface area contributed by atoms with Gasteiger partial charge in [0.05, 0.1) is 16.9 Å². The molecule has 7 nitrogen and oxygen atoms in total. The Morgan fingerprint density at radius 1 is 1.41 bits per heavy atom. The van der Waals surface area contributed by atoms with Crippen molar-refractivity contribution in [1.82, 2.24) is 4.57 Å². The average molecular weight is 399 g/mol. The van der Waals surface area contributed by atoms with E-state index in [1.165, 1.54) is 12.3 Å². The van der Waals surface area contributed by atoms with E-state index in [1.807, 2.05) is 11.8 Å². The molecule has 3 heterocycles. The number of carbonyl (C=O) groups is 1. The van der Waals surface area contributed by atoms with Crippen molar-refractivity contribution in [3.05, 3.63) is 33.9 Å². The Balaban J connectivity index is 1.55. The number of hydrogen-bond acceptors (Lipinski definition) is 5. The average Bonchev–Trinajstić information content (AvgIpc) is 3.02. The van der Waals surface area contributed by atoms with E-state index < -0.39 is 17.2 Å². The molecule has 0 spiro atoms. The third-order valence-corrected chi connectivity index (χ3v) is 7.61. The van der Waals surface area contributed by atoms with Gasteiger partial charge in [-0.3, -0.25) is 4.79 Å². The lowest BCUT2D eigenvalue weighted by Gasteiger charge is -2.31. The van der Waals surface area contributed by atoms with Crippen LogP contribution in [-0.2, 0) is 0 Å². The largest absolute Gasteiger partial charge is 0.487 e. The predicted octanol–water partition coefficient (Wildman–Crippen LogP) is 1.97. The van der Waals surface area contributed by atoms with Gasteiger partial charge in [-0.25, -0.2) is 9.18 Å². The molecule has 3 fully saturated rings.